The highest BCUT2D eigenvalue weighted by Gasteiger charge is 2.13. The minimum absolute atomic E-state index is 0.497. The van der Waals surface area contributed by atoms with E-state index in [4.69, 9.17) is 11.5 Å². The molecule has 2 rings (SSSR count). The van der Waals surface area contributed by atoms with Crippen LogP contribution in [0.4, 0.5) is 22.7 Å². The molecule has 102 valence electrons. The Morgan fingerprint density at radius 2 is 0.950 bits per heavy atom. The van der Waals surface area contributed by atoms with Gasteiger partial charge in [0, 0.05) is 22.7 Å². The first-order chi connectivity index (χ1) is 9.54. The van der Waals surface area contributed by atoms with Crippen molar-refractivity contribution < 1.29 is 9.59 Å². The summed E-state index contributed by atoms with van der Waals surface area (Å²) in [6.07, 6.45) is 0. The lowest BCUT2D eigenvalue weighted by atomic mass is 10.2. The number of hydrogen-bond donors (Lipinski definition) is 4. The quantitative estimate of drug-likeness (QED) is 0.488. The highest BCUT2D eigenvalue weighted by atomic mass is 16.2. The molecule has 6 nitrogen and oxygen atoms in total. The lowest BCUT2D eigenvalue weighted by Gasteiger charge is -2.07. The predicted octanol–water partition coefficient (Wildman–Crippen LogP) is 1.43. The summed E-state index contributed by atoms with van der Waals surface area (Å²) in [5, 5.41) is 4.94. The van der Waals surface area contributed by atoms with E-state index in [1.54, 1.807) is 48.5 Å². The molecule has 0 aromatic heterocycles. The Morgan fingerprint density at radius 1 is 0.650 bits per heavy atom. The molecule has 0 spiro atoms. The van der Waals surface area contributed by atoms with Gasteiger partial charge in [0.15, 0.2) is 0 Å². The van der Waals surface area contributed by atoms with E-state index in [9.17, 15) is 9.59 Å². The zero-order valence-electron chi connectivity index (χ0n) is 10.6. The number of carbonyl (C=O) groups is 2. The maximum atomic E-state index is 11.7. The van der Waals surface area contributed by atoms with Crippen molar-refractivity contribution in [2.75, 3.05) is 22.1 Å². The Bertz CT molecular complexity index is 563. The van der Waals surface area contributed by atoms with Gasteiger partial charge in [0.25, 0.3) is 0 Å². The molecule has 0 radical (unpaired) electrons. The van der Waals surface area contributed by atoms with E-state index in [2.05, 4.69) is 10.6 Å². The summed E-state index contributed by atoms with van der Waals surface area (Å²) in [5.74, 6) is -1.52. The van der Waals surface area contributed by atoms with Crippen molar-refractivity contribution in [2.45, 2.75) is 0 Å². The average molecular weight is 270 g/mol. The van der Waals surface area contributed by atoms with Crippen molar-refractivity contribution in [1.82, 2.24) is 0 Å². The Hall–Kier alpha value is -3.02. The van der Waals surface area contributed by atoms with Crippen molar-refractivity contribution in [3.05, 3.63) is 48.5 Å². The SMILES string of the molecule is Nc1ccc(NC(=O)C(=O)Nc2ccc(N)cc2)cc1. The van der Waals surface area contributed by atoms with Crippen molar-refractivity contribution in [3.63, 3.8) is 0 Å². The van der Waals surface area contributed by atoms with Crippen LogP contribution in [0.2, 0.25) is 0 Å². The standard InChI is InChI=1S/C14H14N4O2/c15-9-1-5-11(6-2-9)17-13(19)14(20)18-12-7-3-10(16)4-8-12/h1-8H,15-16H2,(H,17,19)(H,18,20). The van der Waals surface area contributed by atoms with Crippen LogP contribution >= 0.6 is 0 Å². The zero-order valence-corrected chi connectivity index (χ0v) is 10.6. The Morgan fingerprint density at radius 3 is 1.25 bits per heavy atom. The molecule has 6 heteroatoms. The lowest BCUT2D eigenvalue weighted by Crippen LogP contribution is -2.29. The highest BCUT2D eigenvalue weighted by Crippen LogP contribution is 2.12. The molecule has 0 saturated carbocycles. The van der Waals surface area contributed by atoms with Crippen LogP contribution in [-0.4, -0.2) is 11.8 Å². The molecule has 0 heterocycles. The van der Waals surface area contributed by atoms with Gasteiger partial charge in [-0.25, -0.2) is 0 Å². The molecule has 6 N–H and O–H groups in total. The van der Waals surface area contributed by atoms with Gasteiger partial charge in [-0.15, -0.1) is 0 Å². The molecule has 0 bridgehead atoms. The van der Waals surface area contributed by atoms with E-state index in [0.29, 0.717) is 22.7 Å². The molecule has 2 aromatic rings. The van der Waals surface area contributed by atoms with E-state index in [0.717, 1.165) is 0 Å². The smallest absolute Gasteiger partial charge is 0.314 e. The van der Waals surface area contributed by atoms with Gasteiger partial charge in [-0.1, -0.05) is 0 Å². The molecule has 2 aromatic carbocycles. The summed E-state index contributed by atoms with van der Waals surface area (Å²) in [6, 6.07) is 13.0. The number of benzene rings is 2. The maximum Gasteiger partial charge on any atom is 0.314 e. The molecule has 0 atom stereocenters. The Labute approximate surface area is 115 Å². The summed E-state index contributed by atoms with van der Waals surface area (Å²) in [7, 11) is 0. The molecular formula is C14H14N4O2. The molecule has 0 unspecified atom stereocenters. The van der Waals surface area contributed by atoms with E-state index >= 15 is 0 Å². The van der Waals surface area contributed by atoms with Crippen LogP contribution < -0.4 is 22.1 Å². The van der Waals surface area contributed by atoms with Crippen LogP contribution in [-0.2, 0) is 9.59 Å². The summed E-state index contributed by atoms with van der Waals surface area (Å²) in [6.45, 7) is 0. The van der Waals surface area contributed by atoms with Crippen LogP contribution in [0.15, 0.2) is 48.5 Å². The summed E-state index contributed by atoms with van der Waals surface area (Å²) in [5.41, 5.74) is 13.2. The molecule has 0 aliphatic heterocycles. The molecule has 20 heavy (non-hydrogen) atoms. The van der Waals surface area contributed by atoms with Gasteiger partial charge in [-0.2, -0.15) is 0 Å². The zero-order chi connectivity index (χ0) is 14.5. The summed E-state index contributed by atoms with van der Waals surface area (Å²) in [4.78, 5) is 23.4. The van der Waals surface area contributed by atoms with Gasteiger partial charge < -0.3 is 22.1 Å². The first-order valence-electron chi connectivity index (χ1n) is 5.88. The first-order valence-corrected chi connectivity index (χ1v) is 5.88. The van der Waals surface area contributed by atoms with Crippen LogP contribution in [0.5, 0.6) is 0 Å². The van der Waals surface area contributed by atoms with Crippen molar-refractivity contribution in [3.8, 4) is 0 Å². The van der Waals surface area contributed by atoms with Crippen molar-refractivity contribution in [2.24, 2.45) is 0 Å². The maximum absolute atomic E-state index is 11.7. The van der Waals surface area contributed by atoms with Crippen LogP contribution in [0.3, 0.4) is 0 Å². The first kappa shape index (κ1) is 13.4. The van der Waals surface area contributed by atoms with Gasteiger partial charge in [0.1, 0.15) is 0 Å². The summed E-state index contributed by atoms with van der Waals surface area (Å²) >= 11 is 0. The monoisotopic (exact) mass is 270 g/mol. The minimum Gasteiger partial charge on any atom is -0.399 e. The number of nitrogens with one attached hydrogen (secondary N) is 2. The van der Waals surface area contributed by atoms with Gasteiger partial charge >= 0.3 is 11.8 Å². The van der Waals surface area contributed by atoms with E-state index in [1.807, 2.05) is 0 Å². The Balaban J connectivity index is 1.96. The molecular weight excluding hydrogens is 256 g/mol. The molecule has 0 aliphatic carbocycles. The van der Waals surface area contributed by atoms with Crippen LogP contribution in [0.25, 0.3) is 0 Å². The number of amides is 2. The highest BCUT2D eigenvalue weighted by molar-refractivity contribution is 6.43. The third kappa shape index (κ3) is 3.49. The topological polar surface area (TPSA) is 110 Å². The fourth-order valence-electron chi connectivity index (χ4n) is 1.51. The second kappa shape index (κ2) is 5.75. The molecule has 2 amide bonds. The number of nitrogen functional groups attached to an aromatic ring is 2. The van der Waals surface area contributed by atoms with E-state index < -0.39 is 11.8 Å². The van der Waals surface area contributed by atoms with Crippen LogP contribution in [0.1, 0.15) is 0 Å². The second-order valence-electron chi connectivity index (χ2n) is 4.15. The van der Waals surface area contributed by atoms with E-state index in [1.165, 1.54) is 0 Å². The third-order valence-corrected chi connectivity index (χ3v) is 2.54. The lowest BCUT2D eigenvalue weighted by molar-refractivity contribution is -0.132. The van der Waals surface area contributed by atoms with Crippen LogP contribution in [0, 0.1) is 0 Å². The largest absolute Gasteiger partial charge is 0.399 e. The molecule has 0 saturated heterocycles. The fraction of sp³-hybridized carbons (Fsp3) is 0. The minimum atomic E-state index is -0.758. The van der Waals surface area contributed by atoms with Crippen molar-refractivity contribution >= 4 is 34.6 Å². The second-order valence-corrected chi connectivity index (χ2v) is 4.15. The van der Waals surface area contributed by atoms with Gasteiger partial charge in [-0.3, -0.25) is 9.59 Å². The number of nitrogens with two attached hydrogens (primary N) is 2. The number of rotatable bonds is 2. The average Bonchev–Trinajstić information content (AvgIpc) is 2.44. The van der Waals surface area contributed by atoms with Gasteiger partial charge in [-0.05, 0) is 48.5 Å². The molecule has 0 fully saturated rings. The number of anilines is 4. The number of hydrogen-bond acceptors (Lipinski definition) is 4. The van der Waals surface area contributed by atoms with E-state index in [-0.39, 0.29) is 0 Å². The fourth-order valence-corrected chi connectivity index (χ4v) is 1.51. The van der Waals surface area contributed by atoms with Crippen molar-refractivity contribution in [1.29, 1.82) is 0 Å². The third-order valence-electron chi connectivity index (χ3n) is 2.54. The van der Waals surface area contributed by atoms with Gasteiger partial charge in [0.2, 0.25) is 0 Å². The van der Waals surface area contributed by atoms with Gasteiger partial charge in [0.05, 0.1) is 0 Å². The molecule has 0 aliphatic rings. The number of carbonyl (C=O) groups excluding carboxylic acids is 2. The Kier molecular flexibility index (Phi) is 3.85. The summed E-state index contributed by atoms with van der Waals surface area (Å²) < 4.78 is 0. The normalized spacial score (nSPS) is 9.80. The predicted molar refractivity (Wildman–Crippen MR) is 79.0 cm³/mol.